The highest BCUT2D eigenvalue weighted by Crippen LogP contribution is 2.49. The molecule has 0 fully saturated rings. The number of carbonyl (C=O) groups excluding carboxylic acids is 2. The molecule has 2 amide bonds. The molecule has 32 heteroatoms. The van der Waals surface area contributed by atoms with E-state index in [0.29, 0.717) is 36.4 Å². The van der Waals surface area contributed by atoms with Gasteiger partial charge in [-0.25, -0.2) is 0 Å². The summed E-state index contributed by atoms with van der Waals surface area (Å²) < 4.78 is 151. The smallest absolute Gasteiger partial charge is 0.296 e. The Kier molecular flexibility index (Phi) is 15.2. The topological polar surface area (TPSA) is 384 Å². The van der Waals surface area contributed by atoms with Crippen LogP contribution in [0.25, 0.3) is 21.5 Å². The van der Waals surface area contributed by atoms with Crippen molar-refractivity contribution >= 4 is 154 Å². The zero-order valence-electron chi connectivity index (χ0n) is 36.6. The van der Waals surface area contributed by atoms with Gasteiger partial charge in [0.15, 0.2) is 11.5 Å². The first-order valence-electron chi connectivity index (χ1n) is 19.6. The second-order valence-corrected chi connectivity index (χ2v) is 22.1. The van der Waals surface area contributed by atoms with Gasteiger partial charge in [0.2, 0.25) is 0 Å². The first-order valence-corrected chi connectivity index (χ1v) is 26.9. The number of azo groups is 2. The van der Waals surface area contributed by atoms with E-state index in [1.807, 2.05) is 0 Å². The van der Waals surface area contributed by atoms with Crippen LogP contribution in [0.15, 0.2) is 125 Å². The van der Waals surface area contributed by atoms with Crippen molar-refractivity contribution in [1.29, 1.82) is 0 Å². The Hall–Kier alpha value is -6.80. The van der Waals surface area contributed by atoms with E-state index >= 15 is 0 Å². The molecule has 0 spiro atoms. The van der Waals surface area contributed by atoms with E-state index in [0.717, 1.165) is 26.4 Å². The summed E-state index contributed by atoms with van der Waals surface area (Å²) in [4.78, 5) is 22.7. The average Bonchev–Trinajstić information content (AvgIpc) is 3.30. The van der Waals surface area contributed by atoms with Crippen LogP contribution in [0.1, 0.15) is 20.7 Å². The molecule has 24 nitrogen and oxygen atoms in total. The minimum atomic E-state index is -5.40. The number of halogens is 4. The van der Waals surface area contributed by atoms with E-state index in [2.05, 4.69) is 31.1 Å². The maximum absolute atomic E-state index is 13.4. The molecule has 0 saturated heterocycles. The second-order valence-electron chi connectivity index (χ2n) is 14.9. The third-order valence-corrected chi connectivity index (χ3v) is 15.3. The molecule has 7 rings (SSSR count). The van der Waals surface area contributed by atoms with Gasteiger partial charge in [-0.05, 0) is 71.4 Å². The van der Waals surface area contributed by atoms with E-state index in [-0.39, 0.29) is 54.1 Å². The Morgan fingerprint density at radius 3 is 1.16 bits per heavy atom. The van der Waals surface area contributed by atoms with Gasteiger partial charge < -0.3 is 30.3 Å². The predicted octanol–water partition coefficient (Wildman–Crippen LogP) is 10.4. The molecule has 0 aliphatic rings. The molecule has 0 aliphatic heterocycles. The summed E-state index contributed by atoms with van der Waals surface area (Å²) in [6.45, 7) is 0. The fourth-order valence-corrected chi connectivity index (χ4v) is 10.1. The van der Waals surface area contributed by atoms with Gasteiger partial charge in [-0.2, -0.15) is 33.7 Å². The van der Waals surface area contributed by atoms with Crippen LogP contribution >= 0.6 is 46.4 Å². The molecule has 0 heterocycles. The van der Waals surface area contributed by atoms with Crippen molar-refractivity contribution in [1.82, 2.24) is 0 Å². The number of rotatable bonds is 14. The van der Waals surface area contributed by atoms with Gasteiger partial charge >= 0.3 is 0 Å². The van der Waals surface area contributed by atoms with Crippen LogP contribution in [0.4, 0.5) is 34.1 Å². The molecule has 0 atom stereocenters. The summed E-state index contributed by atoms with van der Waals surface area (Å²) >= 11 is 24.5. The van der Waals surface area contributed by atoms with Crippen molar-refractivity contribution < 1.29 is 81.2 Å². The van der Waals surface area contributed by atoms with Gasteiger partial charge in [0, 0.05) is 22.9 Å². The summed E-state index contributed by atoms with van der Waals surface area (Å²) in [6, 6.07) is 14.0. The van der Waals surface area contributed by atoms with Gasteiger partial charge in [0.25, 0.3) is 52.3 Å². The van der Waals surface area contributed by atoms with E-state index < -0.39 is 128 Å². The molecule has 8 N–H and O–H groups in total. The molecule has 7 aromatic rings. The molecular formula is C42H28Cl4N6O18S4. The summed E-state index contributed by atoms with van der Waals surface area (Å²) in [7, 11) is -18.8. The number of benzene rings is 7. The number of phenolic OH excluding ortho intramolecular Hbond substituents is 2. The fourth-order valence-electron chi connectivity index (χ4n) is 6.97. The van der Waals surface area contributed by atoms with Crippen LogP contribution in [0.5, 0.6) is 23.0 Å². The molecule has 386 valence electrons. The number of anilines is 2. The lowest BCUT2D eigenvalue weighted by atomic mass is 10.1. The number of nitrogens with zero attached hydrogens (tertiary/aromatic N) is 4. The number of hydrogen-bond acceptors (Lipinski definition) is 18. The zero-order chi connectivity index (χ0) is 54.6. The Morgan fingerprint density at radius 2 is 0.851 bits per heavy atom. The van der Waals surface area contributed by atoms with E-state index in [1.54, 1.807) is 0 Å². The molecule has 0 bridgehead atoms. The van der Waals surface area contributed by atoms with Crippen molar-refractivity contribution in [3.05, 3.63) is 116 Å². The van der Waals surface area contributed by atoms with Crippen molar-refractivity contribution in [2.45, 2.75) is 19.6 Å². The van der Waals surface area contributed by atoms with E-state index in [4.69, 9.17) is 55.9 Å². The Balaban J connectivity index is 1.37. The number of ether oxygens (including phenoxy) is 2. The van der Waals surface area contributed by atoms with Crippen molar-refractivity contribution in [3.63, 3.8) is 0 Å². The number of hydrogen-bond donors (Lipinski definition) is 8. The molecule has 0 unspecified atom stereocenters. The molecular weight excluding hydrogens is 1150 g/mol. The third-order valence-electron chi connectivity index (χ3n) is 10.3. The monoisotopic (exact) mass is 1170 g/mol. The minimum Gasteiger partial charge on any atom is -0.505 e. The number of aromatic hydroxyl groups is 2. The number of fused-ring (bicyclic) bond motifs is 2. The summed E-state index contributed by atoms with van der Waals surface area (Å²) in [6.07, 6.45) is 0. The van der Waals surface area contributed by atoms with Crippen LogP contribution in [-0.2, 0) is 40.5 Å². The largest absolute Gasteiger partial charge is 0.505 e. The van der Waals surface area contributed by atoms with Crippen LogP contribution < -0.4 is 20.1 Å². The highest BCUT2D eigenvalue weighted by atomic mass is 35.5. The lowest BCUT2D eigenvalue weighted by Crippen LogP contribution is -2.14. The Bertz CT molecular complexity index is 3860. The average molecular weight is 1170 g/mol. The molecule has 0 aliphatic carbocycles. The zero-order valence-corrected chi connectivity index (χ0v) is 42.9. The third kappa shape index (κ3) is 11.2. The second kappa shape index (κ2) is 20.5. The van der Waals surface area contributed by atoms with Crippen molar-refractivity contribution in [2.75, 3.05) is 24.9 Å². The quantitative estimate of drug-likeness (QED) is 0.0370. The van der Waals surface area contributed by atoms with Crippen molar-refractivity contribution in [3.8, 4) is 23.0 Å². The van der Waals surface area contributed by atoms with Gasteiger partial charge in [-0.15, -0.1) is 20.5 Å². The first-order chi connectivity index (χ1) is 34.4. The maximum Gasteiger partial charge on any atom is 0.296 e. The summed E-state index contributed by atoms with van der Waals surface area (Å²) in [5, 5.41) is 40.9. The normalized spacial score (nSPS) is 12.5. The van der Waals surface area contributed by atoms with Gasteiger partial charge in [0.1, 0.15) is 44.0 Å². The van der Waals surface area contributed by atoms with Crippen LogP contribution in [-0.4, -0.2) is 88.1 Å². The van der Waals surface area contributed by atoms with Gasteiger partial charge in [-0.3, -0.25) is 27.8 Å². The lowest BCUT2D eigenvalue weighted by molar-refractivity contribution is 0.101. The standard InChI is InChI=1S/C42H28Cl4N6O18S4/c1-69-29-15-26(50-52-38-32(74(66,67)68)12-18-10-20(72(60,61)62)14-28(34(18)40(38)54)48-42(56)22-6-4-8-24(44)36(22)46)30(70-2)16-25(29)49-51-37-31(73(63,64)65)11-17-9-19(71(57,58)59)13-27(33(17)39(37)53)47-41(55)21-5-3-7-23(43)35(21)45/h3-16,53-54H,1-2H3,(H,47,55)(H,48,56)(H,57,58,59)(H,60,61,62)(H,63,64,65)(H,66,67,68). The van der Waals surface area contributed by atoms with Crippen LogP contribution in [0.2, 0.25) is 20.1 Å². The number of amides is 2. The molecule has 0 saturated carbocycles. The van der Waals surface area contributed by atoms with Gasteiger partial charge in [-0.1, -0.05) is 58.5 Å². The predicted molar refractivity (Wildman–Crippen MR) is 267 cm³/mol. The minimum absolute atomic E-state index is 0.0566. The fraction of sp³-hybridized carbons (Fsp3) is 0.0476. The number of phenols is 2. The van der Waals surface area contributed by atoms with Gasteiger partial charge in [0.05, 0.1) is 66.6 Å². The van der Waals surface area contributed by atoms with E-state index in [9.17, 15) is 71.7 Å². The molecule has 0 aromatic heterocycles. The number of carbonyl (C=O) groups is 2. The lowest BCUT2D eigenvalue weighted by Gasteiger charge is -2.16. The first kappa shape index (κ1) is 55.0. The van der Waals surface area contributed by atoms with Crippen LogP contribution in [0.3, 0.4) is 0 Å². The summed E-state index contributed by atoms with van der Waals surface area (Å²) in [5.41, 5.74) is -4.38. The molecule has 0 radical (unpaired) electrons. The highest BCUT2D eigenvalue weighted by Gasteiger charge is 2.29. The molecule has 74 heavy (non-hydrogen) atoms. The number of methoxy groups -OCH3 is 2. The Labute approximate surface area is 436 Å². The molecule has 7 aromatic carbocycles. The Morgan fingerprint density at radius 1 is 0.500 bits per heavy atom. The van der Waals surface area contributed by atoms with E-state index in [1.165, 1.54) is 36.4 Å². The summed E-state index contributed by atoms with van der Waals surface area (Å²) in [5.74, 6) is -4.98. The maximum atomic E-state index is 13.4. The number of nitrogens with one attached hydrogen (secondary N) is 2. The van der Waals surface area contributed by atoms with Crippen LogP contribution in [0, 0.1) is 0 Å². The SMILES string of the molecule is COc1cc(N=Nc2c(S(=O)(=O)O)cc3cc(S(=O)(=O)O)cc(NC(=O)c4cccc(Cl)c4Cl)c3c2O)c(OC)cc1N=Nc1c(S(=O)(=O)O)cc2cc(S(=O)(=O)O)cc(NC(=O)c3cccc(Cl)c3Cl)c2c1O. The van der Waals surface area contributed by atoms with Crippen molar-refractivity contribution in [2.24, 2.45) is 20.5 Å². The highest BCUT2D eigenvalue weighted by molar-refractivity contribution is 7.86.